The first kappa shape index (κ1) is 13.1. The van der Waals surface area contributed by atoms with Crippen molar-refractivity contribution in [3.8, 4) is 0 Å². The number of hydrogen-bond donors (Lipinski definition) is 3. The number of nitrogens with zero attached hydrogens (tertiary/aromatic N) is 1. The van der Waals surface area contributed by atoms with Crippen molar-refractivity contribution in [3.05, 3.63) is 41.6 Å². The van der Waals surface area contributed by atoms with Crippen molar-refractivity contribution < 1.29 is 8.42 Å². The quantitative estimate of drug-likeness (QED) is 0.794. The number of aromatic nitrogens is 2. The van der Waals surface area contributed by atoms with Crippen LogP contribution in [0.1, 0.15) is 30.0 Å². The van der Waals surface area contributed by atoms with Gasteiger partial charge in [0.15, 0.2) is 0 Å². The lowest BCUT2D eigenvalue weighted by Gasteiger charge is -2.26. The van der Waals surface area contributed by atoms with Crippen molar-refractivity contribution in [1.82, 2.24) is 14.9 Å². The number of hydrogen-bond acceptors (Lipinski definition) is 4. The van der Waals surface area contributed by atoms with Crippen LogP contribution in [-0.4, -0.2) is 18.6 Å². The molecule has 0 amide bonds. The number of aryl methyl sites for hydroxylation is 1. The first-order valence-corrected chi connectivity index (χ1v) is 7.95. The maximum Gasteiger partial charge on any atom is 0.246 e. The molecule has 0 aliphatic heterocycles. The Hall–Kier alpha value is -1.86. The molecular weight excluding hydrogens is 276 g/mol. The highest BCUT2D eigenvalue weighted by Crippen LogP contribution is 2.31. The molecule has 6 nitrogen and oxygen atoms in total. The van der Waals surface area contributed by atoms with Gasteiger partial charge in [-0.25, -0.2) is 13.1 Å². The summed E-state index contributed by atoms with van der Waals surface area (Å²) in [6, 6.07) is 7.71. The third-order valence-electron chi connectivity index (χ3n) is 3.59. The lowest BCUT2D eigenvalue weighted by molar-refractivity contribution is 0.507. The van der Waals surface area contributed by atoms with Crippen LogP contribution >= 0.6 is 0 Å². The highest BCUT2D eigenvalue weighted by atomic mass is 32.2. The Morgan fingerprint density at radius 1 is 1.35 bits per heavy atom. The fraction of sp³-hybridized carbons (Fsp3) is 0.308. The highest BCUT2D eigenvalue weighted by Gasteiger charge is 2.27. The fourth-order valence-electron chi connectivity index (χ4n) is 2.63. The van der Waals surface area contributed by atoms with Crippen LogP contribution in [0.25, 0.3) is 0 Å². The second-order valence-electron chi connectivity index (χ2n) is 4.91. The van der Waals surface area contributed by atoms with Gasteiger partial charge in [-0.1, -0.05) is 24.3 Å². The minimum absolute atomic E-state index is 0.000514. The van der Waals surface area contributed by atoms with Gasteiger partial charge in [-0.3, -0.25) is 5.10 Å². The molecule has 20 heavy (non-hydrogen) atoms. The Morgan fingerprint density at radius 3 is 2.90 bits per heavy atom. The average Bonchev–Trinajstić information content (AvgIpc) is 2.86. The van der Waals surface area contributed by atoms with E-state index in [1.54, 1.807) is 0 Å². The number of nitrogens with one attached hydrogen (secondary N) is 2. The van der Waals surface area contributed by atoms with E-state index in [-0.39, 0.29) is 16.8 Å². The summed E-state index contributed by atoms with van der Waals surface area (Å²) in [6.45, 7) is 0. The molecule has 106 valence electrons. The Morgan fingerprint density at radius 2 is 2.15 bits per heavy atom. The van der Waals surface area contributed by atoms with Gasteiger partial charge in [-0.05, 0) is 30.4 Å². The first-order chi connectivity index (χ1) is 9.58. The van der Waals surface area contributed by atoms with Crippen LogP contribution in [0, 0.1) is 0 Å². The third-order valence-corrected chi connectivity index (χ3v) is 5.09. The van der Waals surface area contributed by atoms with Gasteiger partial charge in [-0.2, -0.15) is 5.10 Å². The van der Waals surface area contributed by atoms with E-state index in [9.17, 15) is 8.42 Å². The zero-order chi connectivity index (χ0) is 14.2. The average molecular weight is 292 g/mol. The number of sulfonamides is 1. The molecule has 1 aromatic heterocycles. The summed E-state index contributed by atoms with van der Waals surface area (Å²) in [6.07, 6.45) is 3.97. The molecule has 0 saturated carbocycles. The van der Waals surface area contributed by atoms with Crippen LogP contribution in [0.5, 0.6) is 0 Å². The van der Waals surface area contributed by atoms with Crippen LogP contribution in [-0.2, 0) is 16.4 Å². The zero-order valence-corrected chi connectivity index (χ0v) is 11.7. The molecule has 3 rings (SSSR count). The number of H-pyrrole nitrogens is 1. The van der Waals surface area contributed by atoms with Crippen molar-refractivity contribution >= 4 is 15.8 Å². The van der Waals surface area contributed by atoms with Crippen molar-refractivity contribution in [2.75, 3.05) is 5.73 Å². The number of rotatable bonds is 3. The summed E-state index contributed by atoms with van der Waals surface area (Å²) >= 11 is 0. The van der Waals surface area contributed by atoms with Gasteiger partial charge in [0.25, 0.3) is 0 Å². The molecule has 1 aromatic carbocycles. The van der Waals surface area contributed by atoms with Gasteiger partial charge < -0.3 is 5.73 Å². The van der Waals surface area contributed by atoms with Crippen molar-refractivity contribution in [2.45, 2.75) is 30.2 Å². The van der Waals surface area contributed by atoms with Crippen LogP contribution < -0.4 is 10.5 Å². The normalized spacial score (nSPS) is 18.7. The molecule has 0 spiro atoms. The van der Waals surface area contributed by atoms with E-state index in [0.29, 0.717) is 0 Å². The van der Waals surface area contributed by atoms with Crippen molar-refractivity contribution in [1.29, 1.82) is 0 Å². The second-order valence-corrected chi connectivity index (χ2v) is 6.60. The van der Waals surface area contributed by atoms with Gasteiger partial charge >= 0.3 is 0 Å². The van der Waals surface area contributed by atoms with Crippen LogP contribution in [0.2, 0.25) is 0 Å². The molecule has 1 aliphatic rings. The van der Waals surface area contributed by atoms with E-state index in [2.05, 4.69) is 14.9 Å². The minimum atomic E-state index is -3.66. The molecule has 0 saturated heterocycles. The maximum atomic E-state index is 12.3. The van der Waals surface area contributed by atoms with Gasteiger partial charge in [0.05, 0.1) is 6.20 Å². The van der Waals surface area contributed by atoms with E-state index in [4.69, 9.17) is 5.73 Å². The predicted molar refractivity (Wildman–Crippen MR) is 75.4 cm³/mol. The number of anilines is 1. The molecule has 2 aromatic rings. The van der Waals surface area contributed by atoms with E-state index < -0.39 is 10.0 Å². The van der Waals surface area contributed by atoms with Crippen LogP contribution in [0.4, 0.5) is 5.82 Å². The van der Waals surface area contributed by atoms with Crippen molar-refractivity contribution in [2.24, 2.45) is 0 Å². The molecule has 7 heteroatoms. The number of benzene rings is 1. The predicted octanol–water partition coefficient (Wildman–Crippen LogP) is 1.35. The van der Waals surface area contributed by atoms with E-state index in [1.165, 1.54) is 11.8 Å². The van der Waals surface area contributed by atoms with Gasteiger partial charge in [-0.15, -0.1) is 0 Å². The third kappa shape index (κ3) is 2.30. The number of fused-ring (bicyclic) bond motifs is 1. The minimum Gasteiger partial charge on any atom is -0.383 e. The molecule has 0 bridgehead atoms. The summed E-state index contributed by atoms with van der Waals surface area (Å²) in [4.78, 5) is 0.000514. The maximum absolute atomic E-state index is 12.3. The van der Waals surface area contributed by atoms with Crippen LogP contribution in [0.3, 0.4) is 0 Å². The Bertz CT molecular complexity index is 723. The summed E-state index contributed by atoms with van der Waals surface area (Å²) in [5, 5.41) is 6.10. The topological polar surface area (TPSA) is 101 Å². The summed E-state index contributed by atoms with van der Waals surface area (Å²) in [7, 11) is -3.66. The Labute approximate surface area is 117 Å². The summed E-state index contributed by atoms with van der Waals surface area (Å²) < 4.78 is 27.4. The lowest BCUT2D eigenvalue weighted by atomic mass is 9.88. The SMILES string of the molecule is Nc1[nH]ncc1S(=O)(=O)NC1CCCc2ccccc21. The molecule has 1 aliphatic carbocycles. The van der Waals surface area contributed by atoms with Gasteiger partial charge in [0, 0.05) is 6.04 Å². The number of nitrogens with two attached hydrogens (primary N) is 1. The molecule has 1 unspecified atom stereocenters. The molecule has 1 heterocycles. The molecule has 1 atom stereocenters. The lowest BCUT2D eigenvalue weighted by Crippen LogP contribution is -2.31. The van der Waals surface area contributed by atoms with Crippen LogP contribution in [0.15, 0.2) is 35.4 Å². The van der Waals surface area contributed by atoms with E-state index in [0.717, 1.165) is 24.8 Å². The van der Waals surface area contributed by atoms with Gasteiger partial charge in [0.2, 0.25) is 10.0 Å². The zero-order valence-electron chi connectivity index (χ0n) is 10.8. The summed E-state index contributed by atoms with van der Waals surface area (Å²) in [5.41, 5.74) is 7.84. The molecule has 0 radical (unpaired) electrons. The largest absolute Gasteiger partial charge is 0.383 e. The highest BCUT2D eigenvalue weighted by molar-refractivity contribution is 7.89. The number of aromatic amines is 1. The number of nitrogen functional groups attached to an aromatic ring is 1. The molecule has 0 fully saturated rings. The van der Waals surface area contributed by atoms with E-state index in [1.807, 2.05) is 24.3 Å². The summed E-state index contributed by atoms with van der Waals surface area (Å²) in [5.74, 6) is 0.0570. The monoisotopic (exact) mass is 292 g/mol. The standard InChI is InChI=1S/C13H16N4O2S/c14-13-12(8-15-16-13)20(18,19)17-11-7-3-5-9-4-1-2-6-10(9)11/h1-2,4,6,8,11,17H,3,5,7H2,(H3,14,15,16). The van der Waals surface area contributed by atoms with E-state index >= 15 is 0 Å². The molecule has 4 N–H and O–H groups in total. The Balaban J connectivity index is 1.91. The Kier molecular flexibility index (Phi) is 3.23. The van der Waals surface area contributed by atoms with Crippen molar-refractivity contribution in [3.63, 3.8) is 0 Å². The second kappa shape index (κ2) is 4.92. The molecular formula is C13H16N4O2S. The van der Waals surface area contributed by atoms with Gasteiger partial charge in [0.1, 0.15) is 10.7 Å². The smallest absolute Gasteiger partial charge is 0.246 e. The first-order valence-electron chi connectivity index (χ1n) is 6.47. The fourth-order valence-corrected chi connectivity index (χ4v) is 3.90.